The highest BCUT2D eigenvalue weighted by Crippen LogP contribution is 2.43. The molecule has 3 fully saturated rings. The Hall–Kier alpha value is -2.65. The first-order chi connectivity index (χ1) is 15.3. The molecule has 1 unspecified atom stereocenters. The van der Waals surface area contributed by atoms with Crippen molar-refractivity contribution in [2.24, 2.45) is 5.41 Å². The van der Waals surface area contributed by atoms with Crippen LogP contribution < -0.4 is 0 Å². The van der Waals surface area contributed by atoms with E-state index in [2.05, 4.69) is 4.90 Å². The van der Waals surface area contributed by atoms with Gasteiger partial charge in [-0.05, 0) is 44.7 Å². The summed E-state index contributed by atoms with van der Waals surface area (Å²) in [5.74, 6) is -0.0972. The molecule has 0 saturated carbocycles. The number of esters is 1. The molecule has 3 aliphatic heterocycles. The van der Waals surface area contributed by atoms with Gasteiger partial charge in [-0.25, -0.2) is 0 Å². The number of rotatable bonds is 3. The van der Waals surface area contributed by atoms with Crippen LogP contribution in [0.4, 0.5) is 0 Å². The van der Waals surface area contributed by atoms with Crippen molar-refractivity contribution in [1.29, 1.82) is 0 Å². The lowest BCUT2D eigenvalue weighted by molar-refractivity contribution is -0.151. The molecule has 1 spiro atoms. The minimum Gasteiger partial charge on any atom is -0.508 e. The van der Waals surface area contributed by atoms with E-state index in [0.717, 1.165) is 32.5 Å². The lowest BCUT2D eigenvalue weighted by Crippen LogP contribution is -2.45. The highest BCUT2D eigenvalue weighted by atomic mass is 16.6. The molecule has 0 bridgehead atoms. The first kappa shape index (κ1) is 24.0. The number of carbonyl (C=O) groups is 3. The molecule has 0 radical (unpaired) electrons. The minimum absolute atomic E-state index is 0.0944. The number of aliphatic hydroxyl groups excluding tert-OH is 1. The van der Waals surface area contributed by atoms with Crippen molar-refractivity contribution in [1.82, 2.24) is 9.80 Å². The van der Waals surface area contributed by atoms with E-state index in [4.69, 9.17) is 14.6 Å². The van der Waals surface area contributed by atoms with Crippen molar-refractivity contribution in [2.45, 2.75) is 51.2 Å². The number of cyclic esters (lactones) is 1. The summed E-state index contributed by atoms with van der Waals surface area (Å²) < 4.78 is 5.72. The number of nitrogens with zero attached hydrogens (tertiary/aromatic N) is 2. The van der Waals surface area contributed by atoms with Crippen molar-refractivity contribution >= 4 is 18.3 Å². The number of piperidine rings is 2. The zero-order chi connectivity index (χ0) is 23.3. The zero-order valence-electron chi connectivity index (χ0n) is 18.4. The quantitative estimate of drug-likeness (QED) is 0.468. The molecule has 1 aromatic rings. The second-order valence-electron chi connectivity index (χ2n) is 8.89. The Morgan fingerprint density at radius 2 is 1.84 bits per heavy atom. The molecule has 1 amide bonds. The number of phenolic OH excluding ortho intramolecular Hbond substituents is 1. The molecule has 176 valence electrons. The predicted octanol–water partition coefficient (Wildman–Crippen LogP) is 1.40. The van der Waals surface area contributed by atoms with Gasteiger partial charge in [0.15, 0.2) is 0 Å². The van der Waals surface area contributed by atoms with Crippen LogP contribution in [0.5, 0.6) is 5.75 Å². The maximum absolute atomic E-state index is 12.9. The van der Waals surface area contributed by atoms with Gasteiger partial charge in [0.05, 0.1) is 11.5 Å². The Morgan fingerprint density at radius 3 is 2.47 bits per heavy atom. The van der Waals surface area contributed by atoms with Gasteiger partial charge >= 0.3 is 5.97 Å². The number of hydrogen-bond acceptors (Lipinski definition) is 7. The van der Waals surface area contributed by atoms with Gasteiger partial charge in [-0.1, -0.05) is 6.07 Å². The Balaban J connectivity index is 0.000000913. The van der Waals surface area contributed by atoms with E-state index in [1.165, 1.54) is 0 Å². The van der Waals surface area contributed by atoms with Gasteiger partial charge in [-0.2, -0.15) is 0 Å². The normalized spacial score (nSPS) is 23.4. The van der Waals surface area contributed by atoms with Gasteiger partial charge in [0.2, 0.25) is 0 Å². The third-order valence-electron chi connectivity index (χ3n) is 6.89. The number of aromatic hydroxyl groups is 1. The molecular formula is C23H32N2O7. The van der Waals surface area contributed by atoms with Crippen LogP contribution in [-0.2, 0) is 14.3 Å². The molecule has 9 heteroatoms. The van der Waals surface area contributed by atoms with Crippen LogP contribution in [0.2, 0.25) is 0 Å². The van der Waals surface area contributed by atoms with Crippen LogP contribution in [0.15, 0.2) is 18.2 Å². The molecule has 3 heterocycles. The number of benzene rings is 1. The Bertz CT molecular complexity index is 828. The second kappa shape index (κ2) is 10.3. The standard InChI is InChI=1S/C22H30N2O5.CH2O2/c1-15-18(3-2-4-19(15)26)20(27)24-11-7-22(8-12-24)13-17(29-21(22)28)14-23-9-5-16(25)6-10-23;2-1-3/h2-4,16-17,25-26H,5-14H2,1H3;1H,(H,2,3). The van der Waals surface area contributed by atoms with Crippen molar-refractivity contribution in [3.05, 3.63) is 29.3 Å². The van der Waals surface area contributed by atoms with Crippen molar-refractivity contribution in [3.63, 3.8) is 0 Å². The number of carbonyl (C=O) groups excluding carboxylic acids is 2. The average molecular weight is 449 g/mol. The maximum Gasteiger partial charge on any atom is 0.312 e. The molecule has 1 aromatic carbocycles. The van der Waals surface area contributed by atoms with Gasteiger partial charge in [-0.3, -0.25) is 19.3 Å². The highest BCUT2D eigenvalue weighted by Gasteiger charge is 2.51. The average Bonchev–Trinajstić information content (AvgIpc) is 3.06. The first-order valence-electron chi connectivity index (χ1n) is 11.1. The number of carboxylic acid groups (broad SMARTS) is 1. The Kier molecular flexibility index (Phi) is 7.73. The molecule has 1 atom stereocenters. The summed E-state index contributed by atoms with van der Waals surface area (Å²) in [7, 11) is 0. The number of aliphatic hydroxyl groups is 1. The maximum atomic E-state index is 12.9. The topological polar surface area (TPSA) is 128 Å². The third kappa shape index (κ3) is 5.21. The lowest BCUT2D eigenvalue weighted by Gasteiger charge is -2.37. The fraction of sp³-hybridized carbons (Fsp3) is 0.609. The summed E-state index contributed by atoms with van der Waals surface area (Å²) in [6, 6.07) is 4.99. The number of hydrogen-bond donors (Lipinski definition) is 3. The summed E-state index contributed by atoms with van der Waals surface area (Å²) in [6.45, 7) is 4.94. The number of likely N-dealkylation sites (tertiary alicyclic amines) is 2. The van der Waals surface area contributed by atoms with Crippen molar-refractivity contribution in [2.75, 3.05) is 32.7 Å². The molecule has 0 aromatic heterocycles. The van der Waals surface area contributed by atoms with Crippen LogP contribution >= 0.6 is 0 Å². The van der Waals surface area contributed by atoms with E-state index in [9.17, 15) is 19.8 Å². The second-order valence-corrected chi connectivity index (χ2v) is 8.89. The smallest absolute Gasteiger partial charge is 0.312 e. The van der Waals surface area contributed by atoms with Gasteiger partial charge < -0.3 is 25.0 Å². The van der Waals surface area contributed by atoms with E-state index in [0.29, 0.717) is 43.5 Å². The molecule has 3 N–H and O–H groups in total. The summed E-state index contributed by atoms with van der Waals surface area (Å²) in [4.78, 5) is 38.0. The van der Waals surface area contributed by atoms with E-state index in [-0.39, 0.29) is 36.3 Å². The predicted molar refractivity (Wildman–Crippen MR) is 115 cm³/mol. The zero-order valence-corrected chi connectivity index (χ0v) is 18.4. The Morgan fingerprint density at radius 1 is 1.22 bits per heavy atom. The van der Waals surface area contributed by atoms with Gasteiger partial charge in [0.1, 0.15) is 11.9 Å². The first-order valence-corrected chi connectivity index (χ1v) is 11.1. The molecule has 3 aliphatic rings. The van der Waals surface area contributed by atoms with Crippen LogP contribution in [0.1, 0.15) is 48.0 Å². The molecule has 9 nitrogen and oxygen atoms in total. The molecule has 3 saturated heterocycles. The van der Waals surface area contributed by atoms with E-state index in [1.807, 2.05) is 0 Å². The van der Waals surface area contributed by atoms with Crippen molar-refractivity contribution in [3.8, 4) is 5.75 Å². The molecule has 32 heavy (non-hydrogen) atoms. The van der Waals surface area contributed by atoms with Crippen LogP contribution in [0, 0.1) is 12.3 Å². The lowest BCUT2D eigenvalue weighted by atomic mass is 9.76. The monoisotopic (exact) mass is 448 g/mol. The summed E-state index contributed by atoms with van der Waals surface area (Å²) in [5, 5.41) is 26.4. The third-order valence-corrected chi connectivity index (χ3v) is 6.89. The minimum atomic E-state index is -0.482. The van der Waals surface area contributed by atoms with Crippen LogP contribution in [0.3, 0.4) is 0 Å². The number of phenols is 1. The van der Waals surface area contributed by atoms with E-state index >= 15 is 0 Å². The van der Waals surface area contributed by atoms with Crippen LogP contribution in [0.25, 0.3) is 0 Å². The van der Waals surface area contributed by atoms with E-state index in [1.54, 1.807) is 30.0 Å². The van der Waals surface area contributed by atoms with E-state index < -0.39 is 5.41 Å². The van der Waals surface area contributed by atoms with Gasteiger partial charge in [-0.15, -0.1) is 0 Å². The van der Waals surface area contributed by atoms with Gasteiger partial charge in [0.25, 0.3) is 12.4 Å². The molecular weight excluding hydrogens is 416 g/mol. The van der Waals surface area contributed by atoms with Gasteiger partial charge in [0, 0.05) is 50.3 Å². The fourth-order valence-corrected chi connectivity index (χ4v) is 4.90. The van der Waals surface area contributed by atoms with Crippen molar-refractivity contribution < 1.29 is 34.4 Å². The largest absolute Gasteiger partial charge is 0.508 e. The summed E-state index contributed by atoms with van der Waals surface area (Å²) in [6.07, 6.45) is 3.18. The highest BCUT2D eigenvalue weighted by molar-refractivity contribution is 5.96. The summed E-state index contributed by atoms with van der Waals surface area (Å²) in [5.41, 5.74) is 0.620. The molecule has 4 rings (SSSR count). The number of amides is 1. The molecule has 0 aliphatic carbocycles. The fourth-order valence-electron chi connectivity index (χ4n) is 4.90. The summed E-state index contributed by atoms with van der Waals surface area (Å²) >= 11 is 0. The Labute approximate surface area is 187 Å². The SMILES string of the molecule is Cc1c(O)cccc1C(=O)N1CCC2(CC1)CC(CN1CCC(O)CC1)OC2=O.O=CO. The van der Waals surface area contributed by atoms with Crippen LogP contribution in [-0.4, -0.2) is 88.4 Å². The number of ether oxygens (including phenoxy) is 1.